The Morgan fingerprint density at radius 1 is 1.08 bits per heavy atom. The summed E-state index contributed by atoms with van der Waals surface area (Å²) in [7, 11) is 0. The van der Waals surface area contributed by atoms with Crippen LogP contribution in [-0.2, 0) is 11.3 Å². The van der Waals surface area contributed by atoms with Gasteiger partial charge in [-0.25, -0.2) is 0 Å². The number of hydrogen-bond acceptors (Lipinski definition) is 4. The van der Waals surface area contributed by atoms with Crippen molar-refractivity contribution in [1.29, 1.82) is 0 Å². The lowest BCUT2D eigenvalue weighted by Crippen LogP contribution is -2.43. The molecule has 2 aromatic rings. The number of rotatable bonds is 4. The van der Waals surface area contributed by atoms with E-state index in [4.69, 9.17) is 9.47 Å². The summed E-state index contributed by atoms with van der Waals surface area (Å²) < 4.78 is 11.6. The summed E-state index contributed by atoms with van der Waals surface area (Å²) in [5, 5.41) is 11.1. The highest BCUT2D eigenvalue weighted by Crippen LogP contribution is 2.28. The number of hydrogen-bond donors (Lipinski definition) is 1. The maximum absolute atomic E-state index is 9.80. The Bertz CT molecular complexity index is 586. The maximum Gasteiger partial charge on any atom is 0.119 e. The van der Waals surface area contributed by atoms with Gasteiger partial charge < -0.3 is 14.7 Å². The molecular formula is C20H27NO3. The molecule has 0 spiro atoms. The molecule has 0 bridgehead atoms. The molecule has 1 aliphatic heterocycles. The fourth-order valence-electron chi connectivity index (χ4n) is 2.64. The van der Waals surface area contributed by atoms with Crippen LogP contribution in [0.25, 0.3) is 0 Å². The van der Waals surface area contributed by atoms with Gasteiger partial charge in [-0.1, -0.05) is 56.3 Å². The van der Waals surface area contributed by atoms with E-state index in [0.29, 0.717) is 19.8 Å². The summed E-state index contributed by atoms with van der Waals surface area (Å²) in [6.45, 7) is 7.61. The first kappa shape index (κ1) is 18.5. The average Bonchev–Trinajstić information content (AvgIpc) is 2.65. The third-order valence-electron chi connectivity index (χ3n) is 3.98. The van der Waals surface area contributed by atoms with Crippen LogP contribution in [0.3, 0.4) is 0 Å². The molecular weight excluding hydrogens is 302 g/mol. The van der Waals surface area contributed by atoms with Gasteiger partial charge in [0.2, 0.25) is 0 Å². The molecule has 0 aliphatic carbocycles. The number of morpholine rings is 1. The van der Waals surface area contributed by atoms with Gasteiger partial charge in [0.15, 0.2) is 0 Å². The van der Waals surface area contributed by atoms with Crippen LogP contribution in [0.4, 0.5) is 0 Å². The Morgan fingerprint density at radius 3 is 2.42 bits per heavy atom. The van der Waals surface area contributed by atoms with Crippen LogP contribution < -0.4 is 4.74 Å². The summed E-state index contributed by atoms with van der Waals surface area (Å²) in [6.07, 6.45) is -0.109. The van der Waals surface area contributed by atoms with Crippen molar-refractivity contribution in [3.63, 3.8) is 0 Å². The molecule has 1 fully saturated rings. The molecule has 2 unspecified atom stereocenters. The van der Waals surface area contributed by atoms with Crippen molar-refractivity contribution in [2.45, 2.75) is 39.5 Å². The first-order valence-corrected chi connectivity index (χ1v) is 8.58. The molecule has 2 atom stereocenters. The zero-order chi connectivity index (χ0) is 17.4. The Morgan fingerprint density at radius 2 is 1.75 bits per heavy atom. The van der Waals surface area contributed by atoms with Gasteiger partial charge >= 0.3 is 0 Å². The van der Waals surface area contributed by atoms with E-state index in [1.165, 1.54) is 5.06 Å². The van der Waals surface area contributed by atoms with Gasteiger partial charge in [0.25, 0.3) is 0 Å². The quantitative estimate of drug-likeness (QED) is 0.900. The molecule has 2 aromatic carbocycles. The molecule has 3 rings (SSSR count). The molecule has 1 heterocycles. The minimum Gasteiger partial charge on any atom is -0.489 e. The smallest absolute Gasteiger partial charge is 0.119 e. The van der Waals surface area contributed by atoms with Crippen LogP contribution in [-0.4, -0.2) is 29.5 Å². The average molecular weight is 329 g/mol. The molecule has 0 saturated carbocycles. The van der Waals surface area contributed by atoms with E-state index >= 15 is 0 Å². The molecule has 24 heavy (non-hydrogen) atoms. The SMILES string of the molecule is CC.CC1C(c2ccc(OCc3ccccc3)cc2)OCCN1O. The summed E-state index contributed by atoms with van der Waals surface area (Å²) in [6, 6.07) is 17.9. The summed E-state index contributed by atoms with van der Waals surface area (Å²) in [5.74, 6) is 0.830. The second kappa shape index (κ2) is 9.42. The Kier molecular flexibility index (Phi) is 7.25. The van der Waals surface area contributed by atoms with E-state index in [1.54, 1.807) is 0 Å². The molecule has 1 aliphatic rings. The second-order valence-corrected chi connectivity index (χ2v) is 5.54. The molecule has 1 saturated heterocycles. The van der Waals surface area contributed by atoms with Crippen molar-refractivity contribution in [2.24, 2.45) is 0 Å². The van der Waals surface area contributed by atoms with Crippen molar-refractivity contribution < 1.29 is 14.7 Å². The van der Waals surface area contributed by atoms with Crippen LogP contribution >= 0.6 is 0 Å². The Hall–Kier alpha value is -1.88. The van der Waals surface area contributed by atoms with E-state index in [-0.39, 0.29) is 12.1 Å². The summed E-state index contributed by atoms with van der Waals surface area (Å²) in [4.78, 5) is 0. The van der Waals surface area contributed by atoms with Gasteiger partial charge in [-0.15, -0.1) is 0 Å². The van der Waals surface area contributed by atoms with Gasteiger partial charge in [0.1, 0.15) is 18.5 Å². The Labute approximate surface area is 144 Å². The minimum atomic E-state index is -0.109. The summed E-state index contributed by atoms with van der Waals surface area (Å²) in [5.41, 5.74) is 2.20. The van der Waals surface area contributed by atoms with Crippen LogP contribution in [0.1, 0.15) is 38.0 Å². The Balaban J connectivity index is 0.00000100. The van der Waals surface area contributed by atoms with Crippen LogP contribution in [0.5, 0.6) is 5.75 Å². The van der Waals surface area contributed by atoms with Gasteiger partial charge in [-0.3, -0.25) is 0 Å². The van der Waals surface area contributed by atoms with E-state index in [2.05, 4.69) is 0 Å². The van der Waals surface area contributed by atoms with E-state index < -0.39 is 0 Å². The van der Waals surface area contributed by atoms with Gasteiger partial charge in [-0.2, -0.15) is 5.06 Å². The highest BCUT2D eigenvalue weighted by atomic mass is 16.5. The van der Waals surface area contributed by atoms with E-state index in [1.807, 2.05) is 75.4 Å². The predicted octanol–water partition coefficient (Wildman–Crippen LogP) is 4.44. The van der Waals surface area contributed by atoms with Gasteiger partial charge in [0.05, 0.1) is 12.6 Å². The third kappa shape index (κ3) is 4.81. The number of benzene rings is 2. The lowest BCUT2D eigenvalue weighted by atomic mass is 10.0. The van der Waals surface area contributed by atoms with Crippen LogP contribution in [0.2, 0.25) is 0 Å². The number of hydroxylamine groups is 2. The van der Waals surface area contributed by atoms with Crippen molar-refractivity contribution >= 4 is 0 Å². The lowest BCUT2D eigenvalue weighted by Gasteiger charge is -2.35. The van der Waals surface area contributed by atoms with Crippen molar-refractivity contribution in [3.8, 4) is 5.75 Å². The highest BCUT2D eigenvalue weighted by Gasteiger charge is 2.28. The molecule has 4 heteroatoms. The van der Waals surface area contributed by atoms with Crippen molar-refractivity contribution in [3.05, 3.63) is 65.7 Å². The minimum absolute atomic E-state index is 0.0511. The highest BCUT2D eigenvalue weighted by molar-refractivity contribution is 5.30. The van der Waals surface area contributed by atoms with Crippen LogP contribution in [0.15, 0.2) is 54.6 Å². The third-order valence-corrected chi connectivity index (χ3v) is 3.98. The van der Waals surface area contributed by atoms with E-state index in [9.17, 15) is 5.21 Å². The maximum atomic E-state index is 9.80. The predicted molar refractivity (Wildman–Crippen MR) is 95.2 cm³/mol. The van der Waals surface area contributed by atoms with E-state index in [0.717, 1.165) is 16.9 Å². The zero-order valence-corrected chi connectivity index (χ0v) is 14.7. The fraction of sp³-hybridized carbons (Fsp3) is 0.400. The molecule has 130 valence electrons. The first-order chi connectivity index (χ1) is 11.7. The summed E-state index contributed by atoms with van der Waals surface area (Å²) >= 11 is 0. The topological polar surface area (TPSA) is 41.9 Å². The van der Waals surface area contributed by atoms with Crippen molar-refractivity contribution in [1.82, 2.24) is 5.06 Å². The molecule has 0 aromatic heterocycles. The fourth-order valence-corrected chi connectivity index (χ4v) is 2.64. The first-order valence-electron chi connectivity index (χ1n) is 8.58. The monoisotopic (exact) mass is 329 g/mol. The zero-order valence-electron chi connectivity index (χ0n) is 14.7. The van der Waals surface area contributed by atoms with Gasteiger partial charge in [-0.05, 0) is 30.2 Å². The second-order valence-electron chi connectivity index (χ2n) is 5.54. The van der Waals surface area contributed by atoms with Crippen LogP contribution in [0, 0.1) is 0 Å². The number of ether oxygens (including phenoxy) is 2. The molecule has 4 nitrogen and oxygen atoms in total. The lowest BCUT2D eigenvalue weighted by molar-refractivity contribution is -0.204. The largest absolute Gasteiger partial charge is 0.489 e. The molecule has 1 N–H and O–H groups in total. The molecule has 0 radical (unpaired) electrons. The standard InChI is InChI=1S/C18H21NO3.C2H6/c1-14-18(21-12-11-19(14)20)16-7-9-17(10-8-16)22-13-15-5-3-2-4-6-15;1-2/h2-10,14,18,20H,11-13H2,1H3;1-2H3. The van der Waals surface area contributed by atoms with Crippen molar-refractivity contribution in [2.75, 3.05) is 13.2 Å². The van der Waals surface area contributed by atoms with Gasteiger partial charge in [0, 0.05) is 6.54 Å². The number of nitrogens with zero attached hydrogens (tertiary/aromatic N) is 1. The molecule has 0 amide bonds. The normalized spacial score (nSPS) is 20.8.